The van der Waals surface area contributed by atoms with E-state index >= 15 is 0 Å². The van der Waals surface area contributed by atoms with Gasteiger partial charge in [0.15, 0.2) is 0 Å². The average Bonchev–Trinajstić information content (AvgIpc) is 3.10. The normalized spacial score (nSPS) is 21.8. The monoisotopic (exact) mass is 275 g/mol. The molecule has 1 aliphatic heterocycles. The summed E-state index contributed by atoms with van der Waals surface area (Å²) >= 11 is 0. The molecule has 6 heteroatoms. The number of pyridine rings is 1. The van der Waals surface area contributed by atoms with Crippen molar-refractivity contribution in [2.45, 2.75) is 37.8 Å². The fourth-order valence-electron chi connectivity index (χ4n) is 2.55. The van der Waals surface area contributed by atoms with Crippen molar-refractivity contribution in [2.75, 3.05) is 6.54 Å². The van der Waals surface area contributed by atoms with Gasteiger partial charge in [-0.25, -0.2) is 0 Å². The van der Waals surface area contributed by atoms with Gasteiger partial charge in [-0.1, -0.05) is 0 Å². The summed E-state index contributed by atoms with van der Waals surface area (Å²) < 4.78 is 0. The third kappa shape index (κ3) is 2.59. The first-order valence-corrected chi connectivity index (χ1v) is 6.95. The van der Waals surface area contributed by atoms with Gasteiger partial charge < -0.3 is 15.2 Å². The molecular formula is C14H17N3O3. The van der Waals surface area contributed by atoms with Crippen LogP contribution in [-0.2, 0) is 4.79 Å². The Morgan fingerprint density at radius 2 is 2.10 bits per heavy atom. The molecule has 6 nitrogen and oxygen atoms in total. The Labute approximate surface area is 116 Å². The number of likely N-dealkylation sites (tertiary alicyclic amines) is 1. The van der Waals surface area contributed by atoms with E-state index in [2.05, 4.69) is 10.3 Å². The summed E-state index contributed by atoms with van der Waals surface area (Å²) in [5, 5.41) is 2.94. The fourth-order valence-corrected chi connectivity index (χ4v) is 2.55. The first kappa shape index (κ1) is 12.9. The van der Waals surface area contributed by atoms with Crippen LogP contribution in [0.3, 0.4) is 0 Å². The molecule has 2 fully saturated rings. The second-order valence-corrected chi connectivity index (χ2v) is 5.38. The minimum absolute atomic E-state index is 0.0665. The number of hydrogen-bond acceptors (Lipinski definition) is 3. The Morgan fingerprint density at radius 3 is 2.80 bits per heavy atom. The molecule has 1 unspecified atom stereocenters. The van der Waals surface area contributed by atoms with E-state index in [0.29, 0.717) is 24.6 Å². The van der Waals surface area contributed by atoms with Gasteiger partial charge in [0, 0.05) is 30.4 Å². The van der Waals surface area contributed by atoms with Crippen molar-refractivity contribution in [3.8, 4) is 0 Å². The number of aromatic amines is 1. The van der Waals surface area contributed by atoms with Crippen LogP contribution < -0.4 is 10.9 Å². The van der Waals surface area contributed by atoms with E-state index in [1.807, 2.05) is 0 Å². The molecule has 1 aromatic rings. The molecule has 0 radical (unpaired) electrons. The van der Waals surface area contributed by atoms with Gasteiger partial charge >= 0.3 is 0 Å². The summed E-state index contributed by atoms with van der Waals surface area (Å²) in [5.74, 6) is -0.312. The Hall–Kier alpha value is -2.11. The molecule has 2 amide bonds. The number of rotatable bonds is 3. The highest BCUT2D eigenvalue weighted by molar-refractivity contribution is 5.97. The van der Waals surface area contributed by atoms with Gasteiger partial charge in [0.1, 0.15) is 6.04 Å². The SMILES string of the molecule is O=C(NC1CC1)C1CCCN1C(=O)c1cc[nH]c(=O)c1. The number of nitrogens with one attached hydrogen (secondary N) is 2. The van der Waals surface area contributed by atoms with Crippen LogP contribution in [0.4, 0.5) is 0 Å². The second kappa shape index (κ2) is 5.11. The highest BCUT2D eigenvalue weighted by Gasteiger charge is 2.36. The van der Waals surface area contributed by atoms with E-state index in [4.69, 9.17) is 0 Å². The lowest BCUT2D eigenvalue weighted by molar-refractivity contribution is -0.125. The van der Waals surface area contributed by atoms with Crippen LogP contribution in [0.1, 0.15) is 36.0 Å². The predicted octanol–water partition coefficient (Wildman–Crippen LogP) is 0.258. The number of amides is 2. The number of carbonyl (C=O) groups is 2. The van der Waals surface area contributed by atoms with Crippen LogP contribution >= 0.6 is 0 Å². The van der Waals surface area contributed by atoms with E-state index in [1.165, 1.54) is 12.3 Å². The maximum Gasteiger partial charge on any atom is 0.254 e. The lowest BCUT2D eigenvalue weighted by Gasteiger charge is -2.23. The van der Waals surface area contributed by atoms with Crippen molar-refractivity contribution in [3.63, 3.8) is 0 Å². The van der Waals surface area contributed by atoms with Gasteiger partial charge in [-0.05, 0) is 31.7 Å². The molecule has 1 aliphatic carbocycles. The van der Waals surface area contributed by atoms with Crippen molar-refractivity contribution in [2.24, 2.45) is 0 Å². The van der Waals surface area contributed by atoms with Crippen LogP contribution in [-0.4, -0.2) is 40.3 Å². The summed E-state index contributed by atoms with van der Waals surface area (Å²) in [6, 6.07) is 2.73. The van der Waals surface area contributed by atoms with Crippen LogP contribution in [0.15, 0.2) is 23.1 Å². The van der Waals surface area contributed by atoms with E-state index in [1.54, 1.807) is 11.0 Å². The Bertz CT molecular complexity index is 591. The quantitative estimate of drug-likeness (QED) is 0.830. The average molecular weight is 275 g/mol. The molecule has 106 valence electrons. The molecule has 2 aliphatic rings. The van der Waals surface area contributed by atoms with Crippen molar-refractivity contribution < 1.29 is 9.59 Å². The third-order valence-corrected chi connectivity index (χ3v) is 3.76. The molecule has 2 heterocycles. The largest absolute Gasteiger partial charge is 0.352 e. The minimum Gasteiger partial charge on any atom is -0.352 e. The Balaban J connectivity index is 1.75. The summed E-state index contributed by atoms with van der Waals surface area (Å²) in [6.45, 7) is 0.564. The molecule has 3 rings (SSSR count). The van der Waals surface area contributed by atoms with Crippen molar-refractivity contribution in [1.29, 1.82) is 0 Å². The highest BCUT2D eigenvalue weighted by Crippen LogP contribution is 2.23. The smallest absolute Gasteiger partial charge is 0.254 e. The number of hydrogen-bond donors (Lipinski definition) is 2. The minimum atomic E-state index is -0.401. The summed E-state index contributed by atoms with van der Waals surface area (Å²) in [4.78, 5) is 39.9. The Kier molecular flexibility index (Phi) is 3.30. The van der Waals surface area contributed by atoms with Gasteiger partial charge in [-0.2, -0.15) is 0 Å². The molecule has 1 saturated heterocycles. The van der Waals surface area contributed by atoms with Gasteiger partial charge in [0.05, 0.1) is 0 Å². The van der Waals surface area contributed by atoms with Gasteiger partial charge in [0.2, 0.25) is 11.5 Å². The van der Waals surface area contributed by atoms with Gasteiger partial charge in [-0.15, -0.1) is 0 Å². The summed E-state index contributed by atoms with van der Waals surface area (Å²) in [7, 11) is 0. The van der Waals surface area contributed by atoms with Gasteiger partial charge in [0.25, 0.3) is 5.91 Å². The number of nitrogens with zero attached hydrogens (tertiary/aromatic N) is 1. The van der Waals surface area contributed by atoms with Crippen molar-refractivity contribution in [1.82, 2.24) is 15.2 Å². The summed E-state index contributed by atoms with van der Waals surface area (Å²) in [5.41, 5.74) is 0.0221. The summed E-state index contributed by atoms with van der Waals surface area (Å²) in [6.07, 6.45) is 5.01. The maximum absolute atomic E-state index is 12.4. The van der Waals surface area contributed by atoms with Gasteiger partial charge in [-0.3, -0.25) is 14.4 Å². The van der Waals surface area contributed by atoms with E-state index in [0.717, 1.165) is 19.3 Å². The molecule has 0 spiro atoms. The Morgan fingerprint density at radius 1 is 1.30 bits per heavy atom. The molecule has 20 heavy (non-hydrogen) atoms. The van der Waals surface area contributed by atoms with E-state index in [9.17, 15) is 14.4 Å². The first-order chi connectivity index (χ1) is 9.65. The second-order valence-electron chi connectivity index (χ2n) is 5.38. The fraction of sp³-hybridized carbons (Fsp3) is 0.500. The molecule has 1 saturated carbocycles. The lowest BCUT2D eigenvalue weighted by atomic mass is 10.1. The molecule has 1 atom stereocenters. The molecule has 2 N–H and O–H groups in total. The third-order valence-electron chi connectivity index (χ3n) is 3.76. The number of aromatic nitrogens is 1. The van der Waals surface area contributed by atoms with Crippen LogP contribution in [0.25, 0.3) is 0 Å². The zero-order chi connectivity index (χ0) is 14.1. The topological polar surface area (TPSA) is 82.3 Å². The molecule has 1 aromatic heterocycles. The van der Waals surface area contributed by atoms with Crippen molar-refractivity contribution in [3.05, 3.63) is 34.2 Å². The molecule has 0 bridgehead atoms. The predicted molar refractivity (Wildman–Crippen MR) is 72.3 cm³/mol. The van der Waals surface area contributed by atoms with Crippen LogP contribution in [0, 0.1) is 0 Å². The first-order valence-electron chi connectivity index (χ1n) is 6.95. The number of H-pyrrole nitrogens is 1. The van der Waals surface area contributed by atoms with E-state index < -0.39 is 6.04 Å². The van der Waals surface area contributed by atoms with Crippen LogP contribution in [0.5, 0.6) is 0 Å². The highest BCUT2D eigenvalue weighted by atomic mass is 16.2. The zero-order valence-corrected chi connectivity index (χ0v) is 11.1. The van der Waals surface area contributed by atoms with Crippen molar-refractivity contribution >= 4 is 11.8 Å². The number of carbonyl (C=O) groups excluding carboxylic acids is 2. The molecular weight excluding hydrogens is 258 g/mol. The molecule has 0 aromatic carbocycles. The standard InChI is InChI=1S/C14H17N3O3/c18-12-8-9(5-6-15-12)14(20)17-7-1-2-11(17)13(19)16-10-3-4-10/h5-6,8,10-11H,1-4,7H2,(H,15,18)(H,16,19). The van der Waals surface area contributed by atoms with Crippen LogP contribution in [0.2, 0.25) is 0 Å². The maximum atomic E-state index is 12.4. The lowest BCUT2D eigenvalue weighted by Crippen LogP contribution is -2.46. The van der Waals surface area contributed by atoms with E-state index in [-0.39, 0.29) is 17.4 Å². The zero-order valence-electron chi connectivity index (χ0n) is 11.1.